The van der Waals surface area contributed by atoms with Gasteiger partial charge in [-0.25, -0.2) is 13.1 Å². The van der Waals surface area contributed by atoms with Gasteiger partial charge in [-0.15, -0.1) is 0 Å². The largest absolute Gasteiger partial charge is 0.468 e. The van der Waals surface area contributed by atoms with Gasteiger partial charge >= 0.3 is 5.97 Å². The first-order chi connectivity index (χ1) is 8.44. The van der Waals surface area contributed by atoms with E-state index in [0.717, 1.165) is 5.56 Å². The van der Waals surface area contributed by atoms with Crippen LogP contribution in [0.3, 0.4) is 0 Å². The van der Waals surface area contributed by atoms with Crippen molar-refractivity contribution in [2.75, 3.05) is 12.9 Å². The minimum atomic E-state index is -3.48. The average molecular weight is 271 g/mol. The van der Waals surface area contributed by atoms with Crippen molar-refractivity contribution in [2.45, 2.75) is 19.4 Å². The Labute approximate surface area is 107 Å². The van der Waals surface area contributed by atoms with Gasteiger partial charge in [0, 0.05) is 0 Å². The van der Waals surface area contributed by atoms with Crippen molar-refractivity contribution < 1.29 is 17.9 Å². The number of rotatable bonds is 6. The zero-order valence-electron chi connectivity index (χ0n) is 10.4. The Bertz CT molecular complexity index is 484. The normalized spacial score (nSPS) is 13.0. The van der Waals surface area contributed by atoms with E-state index < -0.39 is 22.0 Å². The van der Waals surface area contributed by atoms with E-state index in [9.17, 15) is 13.2 Å². The molecule has 0 saturated carbocycles. The van der Waals surface area contributed by atoms with Crippen molar-refractivity contribution in [3.05, 3.63) is 35.9 Å². The summed E-state index contributed by atoms with van der Waals surface area (Å²) in [6.07, 6.45) is 0.407. The third-order valence-corrected chi connectivity index (χ3v) is 3.87. The molecule has 0 amide bonds. The zero-order chi connectivity index (χ0) is 13.6. The number of hydrogen-bond acceptors (Lipinski definition) is 4. The molecule has 1 aromatic rings. The molecule has 1 aromatic carbocycles. The molecule has 5 nitrogen and oxygen atoms in total. The number of methoxy groups -OCH3 is 1. The second-order valence-electron chi connectivity index (χ2n) is 3.92. The lowest BCUT2D eigenvalue weighted by molar-refractivity contribution is -0.142. The zero-order valence-corrected chi connectivity index (χ0v) is 11.2. The lowest BCUT2D eigenvalue weighted by atomic mass is 10.2. The molecule has 1 rings (SSSR count). The van der Waals surface area contributed by atoms with Gasteiger partial charge in [0.15, 0.2) is 0 Å². The second kappa shape index (κ2) is 6.51. The Morgan fingerprint density at radius 2 is 1.94 bits per heavy atom. The van der Waals surface area contributed by atoms with Crippen LogP contribution >= 0.6 is 0 Å². The smallest absolute Gasteiger partial charge is 0.323 e. The molecule has 6 heteroatoms. The molecule has 1 unspecified atom stereocenters. The molecule has 0 bridgehead atoms. The second-order valence-corrected chi connectivity index (χ2v) is 5.79. The van der Waals surface area contributed by atoms with Gasteiger partial charge in [0.2, 0.25) is 10.0 Å². The van der Waals surface area contributed by atoms with E-state index in [-0.39, 0.29) is 5.75 Å². The van der Waals surface area contributed by atoms with Crippen molar-refractivity contribution in [1.29, 1.82) is 0 Å². The topological polar surface area (TPSA) is 72.5 Å². The van der Waals surface area contributed by atoms with Crippen LogP contribution in [-0.2, 0) is 26.0 Å². The number of hydrogen-bond donors (Lipinski definition) is 1. The number of benzene rings is 1. The highest BCUT2D eigenvalue weighted by atomic mass is 32.2. The molecule has 0 spiro atoms. The Kier molecular flexibility index (Phi) is 5.30. The van der Waals surface area contributed by atoms with Gasteiger partial charge in [0.25, 0.3) is 0 Å². The standard InChI is InChI=1S/C12H17NO4S/c1-10(12(14)17-2)13-18(15,16)9-8-11-6-4-3-5-7-11/h3-7,10,13H,8-9H2,1-2H3. The number of esters is 1. The van der Waals surface area contributed by atoms with Crippen LogP contribution in [0.15, 0.2) is 30.3 Å². The fourth-order valence-electron chi connectivity index (χ4n) is 1.45. The van der Waals surface area contributed by atoms with Gasteiger partial charge in [-0.3, -0.25) is 4.79 Å². The molecule has 18 heavy (non-hydrogen) atoms. The number of aryl methyl sites for hydroxylation is 1. The molecule has 0 fully saturated rings. The summed E-state index contributed by atoms with van der Waals surface area (Å²) >= 11 is 0. The van der Waals surface area contributed by atoms with Crippen molar-refractivity contribution in [3.8, 4) is 0 Å². The molecule has 0 saturated heterocycles. The van der Waals surface area contributed by atoms with Gasteiger partial charge in [-0.1, -0.05) is 30.3 Å². The van der Waals surface area contributed by atoms with Crippen LogP contribution < -0.4 is 4.72 Å². The van der Waals surface area contributed by atoms with Gasteiger partial charge in [0.05, 0.1) is 12.9 Å². The van der Waals surface area contributed by atoms with E-state index in [1.165, 1.54) is 14.0 Å². The summed E-state index contributed by atoms with van der Waals surface area (Å²) < 4.78 is 30.2. The van der Waals surface area contributed by atoms with E-state index >= 15 is 0 Å². The number of ether oxygens (including phenoxy) is 1. The van der Waals surface area contributed by atoms with Crippen LogP contribution in [0.4, 0.5) is 0 Å². The monoisotopic (exact) mass is 271 g/mol. The van der Waals surface area contributed by atoms with E-state index in [0.29, 0.717) is 6.42 Å². The lowest BCUT2D eigenvalue weighted by Crippen LogP contribution is -2.40. The van der Waals surface area contributed by atoms with E-state index in [4.69, 9.17) is 0 Å². The highest BCUT2D eigenvalue weighted by Crippen LogP contribution is 2.02. The average Bonchev–Trinajstić information content (AvgIpc) is 2.36. The van der Waals surface area contributed by atoms with E-state index in [2.05, 4.69) is 9.46 Å². The summed E-state index contributed by atoms with van der Waals surface area (Å²) in [6.45, 7) is 1.45. The van der Waals surface area contributed by atoms with Crippen molar-refractivity contribution >= 4 is 16.0 Å². The predicted octanol–water partition coefficient (Wildman–Crippen LogP) is 0.710. The SMILES string of the molecule is COC(=O)C(C)NS(=O)(=O)CCc1ccccc1. The first-order valence-electron chi connectivity index (χ1n) is 5.56. The first kappa shape index (κ1) is 14.7. The summed E-state index contributed by atoms with van der Waals surface area (Å²) in [7, 11) is -2.27. The van der Waals surface area contributed by atoms with Crippen molar-refractivity contribution in [1.82, 2.24) is 4.72 Å². The van der Waals surface area contributed by atoms with Crippen molar-refractivity contribution in [2.24, 2.45) is 0 Å². The first-order valence-corrected chi connectivity index (χ1v) is 7.21. The highest BCUT2D eigenvalue weighted by Gasteiger charge is 2.20. The predicted molar refractivity (Wildman–Crippen MR) is 68.5 cm³/mol. The van der Waals surface area contributed by atoms with Gasteiger partial charge < -0.3 is 4.74 Å². The molecule has 1 atom stereocenters. The summed E-state index contributed by atoms with van der Waals surface area (Å²) in [5, 5.41) is 0. The molecule has 100 valence electrons. The number of carbonyl (C=O) groups is 1. The molecule has 0 radical (unpaired) electrons. The maximum absolute atomic E-state index is 11.7. The minimum absolute atomic E-state index is 0.0572. The van der Waals surface area contributed by atoms with Crippen LogP contribution in [0.1, 0.15) is 12.5 Å². The van der Waals surface area contributed by atoms with E-state index in [1.807, 2.05) is 30.3 Å². The van der Waals surface area contributed by atoms with Crippen LogP contribution in [0, 0.1) is 0 Å². The fraction of sp³-hybridized carbons (Fsp3) is 0.417. The third kappa shape index (κ3) is 4.85. The molecular formula is C12H17NO4S. The van der Waals surface area contributed by atoms with Gasteiger partial charge in [0.1, 0.15) is 6.04 Å². The van der Waals surface area contributed by atoms with Crippen LogP contribution in [0.5, 0.6) is 0 Å². The molecule has 0 aromatic heterocycles. The Morgan fingerprint density at radius 1 is 1.33 bits per heavy atom. The number of nitrogens with one attached hydrogen (secondary N) is 1. The third-order valence-electron chi connectivity index (χ3n) is 2.41. The molecule has 0 aliphatic heterocycles. The lowest BCUT2D eigenvalue weighted by Gasteiger charge is -2.11. The number of sulfonamides is 1. The van der Waals surface area contributed by atoms with Crippen molar-refractivity contribution in [3.63, 3.8) is 0 Å². The summed E-state index contributed by atoms with van der Waals surface area (Å²) in [5.74, 6) is -0.656. The molecular weight excluding hydrogens is 254 g/mol. The van der Waals surface area contributed by atoms with Crippen LogP contribution in [-0.4, -0.2) is 33.3 Å². The quantitative estimate of drug-likeness (QED) is 0.773. The fourth-order valence-corrected chi connectivity index (χ4v) is 2.71. The summed E-state index contributed by atoms with van der Waals surface area (Å²) in [6, 6.07) is 8.43. The Hall–Kier alpha value is -1.40. The number of carbonyl (C=O) groups excluding carboxylic acids is 1. The maximum atomic E-state index is 11.7. The van der Waals surface area contributed by atoms with E-state index in [1.54, 1.807) is 0 Å². The highest BCUT2D eigenvalue weighted by molar-refractivity contribution is 7.89. The summed E-state index contributed by atoms with van der Waals surface area (Å²) in [5.41, 5.74) is 0.939. The minimum Gasteiger partial charge on any atom is -0.468 e. The maximum Gasteiger partial charge on any atom is 0.323 e. The van der Waals surface area contributed by atoms with Gasteiger partial charge in [-0.05, 0) is 18.9 Å². The molecule has 1 N–H and O–H groups in total. The van der Waals surface area contributed by atoms with Gasteiger partial charge in [-0.2, -0.15) is 0 Å². The molecule has 0 aliphatic rings. The van der Waals surface area contributed by atoms with Crippen LogP contribution in [0.2, 0.25) is 0 Å². The summed E-state index contributed by atoms with van der Waals surface area (Å²) in [4.78, 5) is 11.1. The Balaban J connectivity index is 2.53. The Morgan fingerprint density at radius 3 is 2.50 bits per heavy atom. The van der Waals surface area contributed by atoms with Crippen LogP contribution in [0.25, 0.3) is 0 Å². The molecule has 0 heterocycles. The molecule has 0 aliphatic carbocycles.